The fourth-order valence-electron chi connectivity index (χ4n) is 3.61. The third-order valence-electron chi connectivity index (χ3n) is 5.25. The number of likely N-dealkylation sites (tertiary alicyclic amines) is 1. The first-order valence-corrected chi connectivity index (χ1v) is 11.6. The molecule has 0 amide bonds. The predicted octanol–water partition coefficient (Wildman–Crippen LogP) is 4.27. The largest absolute Gasteiger partial charge is 0.454 e. The Bertz CT molecular complexity index is 1050. The van der Waals surface area contributed by atoms with E-state index in [4.69, 9.17) is 44.3 Å². The minimum atomic E-state index is -3.73. The molecule has 0 saturated carbocycles. The molecule has 1 saturated heterocycles. The van der Waals surface area contributed by atoms with Gasteiger partial charge in [0.15, 0.2) is 11.5 Å². The minimum absolute atomic E-state index is 0.0586. The molecule has 0 radical (unpaired) electrons. The number of benzene rings is 2. The van der Waals surface area contributed by atoms with Crippen molar-refractivity contribution in [3.63, 3.8) is 0 Å². The lowest BCUT2D eigenvalue weighted by Gasteiger charge is -2.25. The highest BCUT2D eigenvalue weighted by Gasteiger charge is 2.34. The molecule has 2 aromatic rings. The van der Waals surface area contributed by atoms with Gasteiger partial charge in [-0.2, -0.15) is 4.31 Å². The highest BCUT2D eigenvalue weighted by atomic mass is 35.5. The maximum Gasteiger partial charge on any atom is 0.244 e. The lowest BCUT2D eigenvalue weighted by Crippen LogP contribution is -2.39. The van der Waals surface area contributed by atoms with Crippen molar-refractivity contribution >= 4 is 44.8 Å². The number of hydrogen-bond acceptors (Lipinski definition) is 5. The van der Waals surface area contributed by atoms with Gasteiger partial charge in [0.05, 0.1) is 5.02 Å². The number of nitrogens with zero attached hydrogens (tertiary/aromatic N) is 2. The van der Waals surface area contributed by atoms with Crippen LogP contribution in [0.15, 0.2) is 35.2 Å². The maximum absolute atomic E-state index is 13.0. The molecule has 29 heavy (non-hydrogen) atoms. The summed E-state index contributed by atoms with van der Waals surface area (Å²) in [6.07, 6.45) is 0.711. The monoisotopic (exact) mass is 476 g/mol. The average Bonchev–Trinajstić information content (AvgIpc) is 3.30. The molecule has 0 aromatic heterocycles. The van der Waals surface area contributed by atoms with Crippen LogP contribution in [0.5, 0.6) is 11.5 Å². The van der Waals surface area contributed by atoms with Crippen molar-refractivity contribution in [3.8, 4) is 11.5 Å². The summed E-state index contributed by atoms with van der Waals surface area (Å²) < 4.78 is 38.2. The molecule has 0 spiro atoms. The van der Waals surface area contributed by atoms with Gasteiger partial charge in [0, 0.05) is 48.8 Å². The molecule has 4 rings (SSSR count). The average molecular weight is 478 g/mol. The van der Waals surface area contributed by atoms with E-state index in [-0.39, 0.29) is 22.8 Å². The number of likely N-dealkylation sites (N-methyl/N-ethyl adjacent to an activating group) is 1. The fourth-order valence-corrected chi connectivity index (χ4v) is 5.94. The molecule has 0 bridgehead atoms. The van der Waals surface area contributed by atoms with Crippen molar-refractivity contribution in [2.45, 2.75) is 23.9 Å². The molecule has 6 nitrogen and oxygen atoms in total. The van der Waals surface area contributed by atoms with Crippen molar-refractivity contribution in [1.29, 1.82) is 0 Å². The van der Waals surface area contributed by atoms with Gasteiger partial charge in [-0.3, -0.25) is 4.90 Å². The molecule has 2 aliphatic heterocycles. The first kappa shape index (κ1) is 21.0. The van der Waals surface area contributed by atoms with Gasteiger partial charge in [0.1, 0.15) is 4.90 Å². The van der Waals surface area contributed by atoms with Gasteiger partial charge in [-0.15, -0.1) is 0 Å². The van der Waals surface area contributed by atoms with Gasteiger partial charge in [0.25, 0.3) is 0 Å². The normalized spacial score (nSPS) is 19.3. The molecular formula is C19H19Cl3N2O4S. The molecular weight excluding hydrogens is 459 g/mol. The van der Waals surface area contributed by atoms with Crippen molar-refractivity contribution in [2.24, 2.45) is 0 Å². The van der Waals surface area contributed by atoms with E-state index in [1.54, 1.807) is 13.1 Å². The third kappa shape index (κ3) is 4.17. The molecule has 2 heterocycles. The number of sulfonamides is 1. The summed E-state index contributed by atoms with van der Waals surface area (Å²) in [6, 6.07) is 7.87. The van der Waals surface area contributed by atoms with E-state index in [1.165, 1.54) is 22.5 Å². The molecule has 1 atom stereocenters. The van der Waals surface area contributed by atoms with Crippen LogP contribution in [0.1, 0.15) is 12.0 Å². The van der Waals surface area contributed by atoms with Crippen molar-refractivity contribution in [1.82, 2.24) is 9.21 Å². The number of fused-ring (bicyclic) bond motifs is 1. The highest BCUT2D eigenvalue weighted by Crippen LogP contribution is 2.37. The Kier molecular flexibility index (Phi) is 5.90. The number of hydrogen-bond donors (Lipinski definition) is 0. The van der Waals surface area contributed by atoms with Gasteiger partial charge in [-0.05, 0) is 36.2 Å². The molecule has 156 valence electrons. The zero-order chi connectivity index (χ0) is 20.8. The molecule has 2 aromatic carbocycles. The van der Waals surface area contributed by atoms with Crippen LogP contribution in [0, 0.1) is 0 Å². The summed E-state index contributed by atoms with van der Waals surface area (Å²) in [5.41, 5.74) is 0.919. The summed E-state index contributed by atoms with van der Waals surface area (Å²) >= 11 is 18.4. The van der Waals surface area contributed by atoms with Crippen LogP contribution in [0.2, 0.25) is 15.1 Å². The summed E-state index contributed by atoms with van der Waals surface area (Å²) in [7, 11) is -2.14. The van der Waals surface area contributed by atoms with E-state index in [0.29, 0.717) is 41.1 Å². The predicted molar refractivity (Wildman–Crippen MR) is 113 cm³/mol. The topological polar surface area (TPSA) is 59.1 Å². The van der Waals surface area contributed by atoms with Crippen LogP contribution in [-0.2, 0) is 16.6 Å². The van der Waals surface area contributed by atoms with E-state index in [9.17, 15) is 8.42 Å². The Morgan fingerprint density at radius 1 is 1.10 bits per heavy atom. The van der Waals surface area contributed by atoms with Gasteiger partial charge >= 0.3 is 0 Å². The number of rotatable bonds is 5. The Hall–Kier alpha value is -1.22. The van der Waals surface area contributed by atoms with E-state index in [0.717, 1.165) is 12.1 Å². The zero-order valence-corrected chi connectivity index (χ0v) is 18.7. The van der Waals surface area contributed by atoms with Gasteiger partial charge < -0.3 is 9.47 Å². The lowest BCUT2D eigenvalue weighted by atomic mass is 10.2. The fraction of sp³-hybridized carbons (Fsp3) is 0.368. The molecule has 0 aliphatic carbocycles. The summed E-state index contributed by atoms with van der Waals surface area (Å²) in [4.78, 5) is 2.23. The summed E-state index contributed by atoms with van der Waals surface area (Å²) in [5, 5.41) is 1.11. The molecule has 2 aliphatic rings. The molecule has 10 heteroatoms. The van der Waals surface area contributed by atoms with Crippen LogP contribution in [-0.4, -0.2) is 50.6 Å². The molecule has 1 unspecified atom stereocenters. The number of halogens is 3. The second kappa shape index (κ2) is 8.13. The van der Waals surface area contributed by atoms with E-state index in [2.05, 4.69) is 4.90 Å². The second-order valence-corrected chi connectivity index (χ2v) is 10.3. The standard InChI is InChI=1S/C19H19Cl3N2O4S/c1-23(29(25,26)19-3-2-13(20)7-16(19)22)14-4-5-24(10-14)9-12-6-17-18(8-15(12)21)28-11-27-17/h2-3,6-8,14H,4-5,9-11H2,1H3. The van der Waals surface area contributed by atoms with Gasteiger partial charge in [-0.1, -0.05) is 34.8 Å². The van der Waals surface area contributed by atoms with Crippen molar-refractivity contribution in [3.05, 3.63) is 51.0 Å². The van der Waals surface area contributed by atoms with Crippen LogP contribution >= 0.6 is 34.8 Å². The first-order valence-electron chi connectivity index (χ1n) is 8.99. The third-order valence-corrected chi connectivity index (χ3v) is 8.23. The summed E-state index contributed by atoms with van der Waals surface area (Å²) in [5.74, 6) is 1.32. The van der Waals surface area contributed by atoms with E-state index >= 15 is 0 Å². The Morgan fingerprint density at radius 3 is 2.55 bits per heavy atom. The van der Waals surface area contributed by atoms with E-state index < -0.39 is 10.0 Å². The van der Waals surface area contributed by atoms with Gasteiger partial charge in [0.2, 0.25) is 16.8 Å². The van der Waals surface area contributed by atoms with Crippen molar-refractivity contribution < 1.29 is 17.9 Å². The Balaban J connectivity index is 1.47. The molecule has 1 fully saturated rings. The van der Waals surface area contributed by atoms with Crippen molar-refractivity contribution in [2.75, 3.05) is 26.9 Å². The van der Waals surface area contributed by atoms with Crippen LogP contribution in [0.25, 0.3) is 0 Å². The number of ether oxygens (including phenoxy) is 2. The molecule has 0 N–H and O–H groups in total. The summed E-state index contributed by atoms with van der Waals surface area (Å²) in [6.45, 7) is 2.13. The smallest absolute Gasteiger partial charge is 0.244 e. The van der Waals surface area contributed by atoms with Gasteiger partial charge in [-0.25, -0.2) is 8.42 Å². The van der Waals surface area contributed by atoms with Crippen LogP contribution < -0.4 is 9.47 Å². The quantitative estimate of drug-likeness (QED) is 0.644. The zero-order valence-electron chi connectivity index (χ0n) is 15.6. The Morgan fingerprint density at radius 2 is 1.83 bits per heavy atom. The van der Waals surface area contributed by atoms with E-state index in [1.807, 2.05) is 6.07 Å². The SMILES string of the molecule is CN(C1CCN(Cc2cc3c(cc2Cl)OCO3)C1)S(=O)(=O)c1ccc(Cl)cc1Cl. The minimum Gasteiger partial charge on any atom is -0.454 e. The van der Waals surface area contributed by atoms with Crippen LogP contribution in [0.4, 0.5) is 0 Å². The van der Waals surface area contributed by atoms with Crippen LogP contribution in [0.3, 0.4) is 0 Å². The highest BCUT2D eigenvalue weighted by molar-refractivity contribution is 7.89. The lowest BCUT2D eigenvalue weighted by molar-refractivity contribution is 0.174. The second-order valence-electron chi connectivity index (χ2n) is 7.07. The maximum atomic E-state index is 13.0. The first-order chi connectivity index (χ1) is 13.8. The Labute approximate surface area is 184 Å².